The summed E-state index contributed by atoms with van der Waals surface area (Å²) in [7, 11) is 1.94. The zero-order chi connectivity index (χ0) is 14.0. The molecule has 0 aliphatic heterocycles. The molecule has 0 saturated carbocycles. The van der Waals surface area contributed by atoms with Crippen molar-refractivity contribution in [2.45, 2.75) is 36.4 Å². The molecular formula is C13H17ClN4S. The van der Waals surface area contributed by atoms with Crippen LogP contribution in [0.2, 0.25) is 5.02 Å². The number of hydrogen-bond donors (Lipinski definition) is 1. The van der Waals surface area contributed by atoms with Crippen LogP contribution in [-0.2, 0) is 13.5 Å². The molecule has 1 atom stereocenters. The standard InChI is InChI=1S/C13H17ClN4S/c1-8(15)6-10-4-5-12(11(14)7-10)19-13-17-16-9(2)18(13)3/h4-5,7-8H,6,15H2,1-3H3. The minimum atomic E-state index is 0.135. The van der Waals surface area contributed by atoms with Gasteiger partial charge >= 0.3 is 0 Å². The number of nitrogens with zero attached hydrogens (tertiary/aromatic N) is 3. The molecule has 2 N–H and O–H groups in total. The summed E-state index contributed by atoms with van der Waals surface area (Å²) >= 11 is 7.82. The van der Waals surface area contributed by atoms with Crippen LogP contribution in [0.4, 0.5) is 0 Å². The number of benzene rings is 1. The fourth-order valence-electron chi connectivity index (χ4n) is 1.70. The third-order valence-electron chi connectivity index (χ3n) is 2.81. The second kappa shape index (κ2) is 5.94. The minimum Gasteiger partial charge on any atom is -0.328 e. The van der Waals surface area contributed by atoms with Gasteiger partial charge in [0.15, 0.2) is 5.16 Å². The first-order valence-corrected chi connectivity index (χ1v) is 7.24. The number of aromatic nitrogens is 3. The lowest BCUT2D eigenvalue weighted by Gasteiger charge is -2.08. The lowest BCUT2D eigenvalue weighted by molar-refractivity contribution is 0.737. The van der Waals surface area contributed by atoms with E-state index < -0.39 is 0 Å². The fraction of sp³-hybridized carbons (Fsp3) is 0.385. The van der Waals surface area contributed by atoms with E-state index in [-0.39, 0.29) is 6.04 Å². The largest absolute Gasteiger partial charge is 0.328 e. The number of aryl methyl sites for hydroxylation is 1. The summed E-state index contributed by atoms with van der Waals surface area (Å²) in [4.78, 5) is 0.977. The molecule has 0 saturated heterocycles. The van der Waals surface area contributed by atoms with E-state index >= 15 is 0 Å². The van der Waals surface area contributed by atoms with Crippen LogP contribution in [0.15, 0.2) is 28.3 Å². The zero-order valence-electron chi connectivity index (χ0n) is 11.2. The van der Waals surface area contributed by atoms with Crippen molar-refractivity contribution in [1.82, 2.24) is 14.8 Å². The quantitative estimate of drug-likeness (QED) is 0.942. The van der Waals surface area contributed by atoms with E-state index in [4.69, 9.17) is 17.3 Å². The van der Waals surface area contributed by atoms with Crippen molar-refractivity contribution < 1.29 is 0 Å². The summed E-state index contributed by atoms with van der Waals surface area (Å²) < 4.78 is 1.94. The molecular weight excluding hydrogens is 280 g/mol. The van der Waals surface area contributed by atoms with Crippen molar-refractivity contribution >= 4 is 23.4 Å². The van der Waals surface area contributed by atoms with Crippen LogP contribution >= 0.6 is 23.4 Å². The molecule has 1 unspecified atom stereocenters. The highest BCUT2D eigenvalue weighted by Gasteiger charge is 2.10. The van der Waals surface area contributed by atoms with Crippen molar-refractivity contribution in [1.29, 1.82) is 0 Å². The molecule has 1 heterocycles. The molecule has 6 heteroatoms. The van der Waals surface area contributed by atoms with E-state index in [9.17, 15) is 0 Å². The predicted molar refractivity (Wildman–Crippen MR) is 78.7 cm³/mol. The van der Waals surface area contributed by atoms with Gasteiger partial charge in [0, 0.05) is 18.0 Å². The van der Waals surface area contributed by atoms with Crippen LogP contribution in [0, 0.1) is 6.92 Å². The van der Waals surface area contributed by atoms with Crippen molar-refractivity contribution in [3.8, 4) is 0 Å². The summed E-state index contributed by atoms with van der Waals surface area (Å²) in [6.07, 6.45) is 0.827. The number of halogens is 1. The first-order valence-electron chi connectivity index (χ1n) is 6.05. The van der Waals surface area contributed by atoms with Gasteiger partial charge in [-0.25, -0.2) is 0 Å². The molecule has 0 spiro atoms. The third kappa shape index (κ3) is 3.49. The average molecular weight is 297 g/mol. The van der Waals surface area contributed by atoms with Gasteiger partial charge in [-0.3, -0.25) is 0 Å². The maximum Gasteiger partial charge on any atom is 0.195 e. The third-order valence-corrected chi connectivity index (χ3v) is 4.35. The minimum absolute atomic E-state index is 0.135. The van der Waals surface area contributed by atoms with E-state index in [0.29, 0.717) is 0 Å². The normalized spacial score (nSPS) is 12.7. The lowest BCUT2D eigenvalue weighted by atomic mass is 10.1. The SMILES string of the molecule is Cc1nnc(Sc2ccc(CC(C)N)cc2Cl)n1C. The molecule has 102 valence electrons. The van der Waals surface area contributed by atoms with E-state index in [1.54, 1.807) is 0 Å². The molecule has 0 amide bonds. The summed E-state index contributed by atoms with van der Waals surface area (Å²) in [5.74, 6) is 0.882. The van der Waals surface area contributed by atoms with Crippen LogP contribution in [0.5, 0.6) is 0 Å². The van der Waals surface area contributed by atoms with Crippen LogP contribution in [-0.4, -0.2) is 20.8 Å². The molecule has 0 fully saturated rings. The highest BCUT2D eigenvalue weighted by Crippen LogP contribution is 2.32. The molecule has 4 nitrogen and oxygen atoms in total. The molecule has 2 aromatic rings. The number of hydrogen-bond acceptors (Lipinski definition) is 4. The number of nitrogens with two attached hydrogens (primary N) is 1. The molecule has 0 aliphatic carbocycles. The molecule has 0 bridgehead atoms. The van der Waals surface area contributed by atoms with Gasteiger partial charge in [-0.15, -0.1) is 10.2 Å². The van der Waals surface area contributed by atoms with Crippen molar-refractivity contribution in [3.63, 3.8) is 0 Å². The Morgan fingerprint density at radius 2 is 2.16 bits per heavy atom. The van der Waals surface area contributed by atoms with Crippen LogP contribution in [0.1, 0.15) is 18.3 Å². The van der Waals surface area contributed by atoms with Gasteiger partial charge in [-0.1, -0.05) is 17.7 Å². The molecule has 2 rings (SSSR count). The molecule has 19 heavy (non-hydrogen) atoms. The van der Waals surface area contributed by atoms with E-state index in [2.05, 4.69) is 16.3 Å². The Kier molecular flexibility index (Phi) is 4.50. The van der Waals surface area contributed by atoms with Crippen LogP contribution < -0.4 is 5.73 Å². The van der Waals surface area contributed by atoms with Crippen molar-refractivity contribution in [3.05, 3.63) is 34.6 Å². The second-order valence-electron chi connectivity index (χ2n) is 4.64. The monoisotopic (exact) mass is 296 g/mol. The van der Waals surface area contributed by atoms with Gasteiger partial charge < -0.3 is 10.3 Å². The highest BCUT2D eigenvalue weighted by atomic mass is 35.5. The Bertz CT molecular complexity index is 580. The molecule has 0 aliphatic rings. The smallest absolute Gasteiger partial charge is 0.195 e. The predicted octanol–water partition coefficient (Wildman–Crippen LogP) is 2.82. The Balaban J connectivity index is 2.20. The highest BCUT2D eigenvalue weighted by molar-refractivity contribution is 7.99. The van der Waals surface area contributed by atoms with Crippen LogP contribution in [0.25, 0.3) is 0 Å². The maximum atomic E-state index is 6.30. The molecule has 1 aromatic carbocycles. The van der Waals surface area contributed by atoms with Gasteiger partial charge in [0.1, 0.15) is 5.82 Å². The Morgan fingerprint density at radius 1 is 1.42 bits per heavy atom. The van der Waals surface area contributed by atoms with E-state index in [1.165, 1.54) is 11.8 Å². The number of rotatable bonds is 4. The maximum absolute atomic E-state index is 6.30. The van der Waals surface area contributed by atoms with Crippen molar-refractivity contribution in [2.75, 3.05) is 0 Å². The van der Waals surface area contributed by atoms with Gasteiger partial charge in [-0.2, -0.15) is 0 Å². The van der Waals surface area contributed by atoms with Gasteiger partial charge in [0.25, 0.3) is 0 Å². The second-order valence-corrected chi connectivity index (χ2v) is 6.05. The average Bonchev–Trinajstić information content (AvgIpc) is 2.64. The van der Waals surface area contributed by atoms with Gasteiger partial charge in [0.2, 0.25) is 0 Å². The van der Waals surface area contributed by atoms with Crippen LogP contribution in [0.3, 0.4) is 0 Å². The van der Waals surface area contributed by atoms with Gasteiger partial charge in [0.05, 0.1) is 5.02 Å². The first-order chi connectivity index (χ1) is 8.97. The summed E-state index contributed by atoms with van der Waals surface area (Å²) in [6.45, 7) is 3.91. The molecule has 1 aromatic heterocycles. The first kappa shape index (κ1) is 14.4. The summed E-state index contributed by atoms with van der Waals surface area (Å²) in [5, 5.41) is 9.71. The lowest BCUT2D eigenvalue weighted by Crippen LogP contribution is -2.17. The summed E-state index contributed by atoms with van der Waals surface area (Å²) in [5.41, 5.74) is 6.94. The van der Waals surface area contributed by atoms with E-state index in [1.807, 2.05) is 37.6 Å². The Hall–Kier alpha value is -1.04. The Labute approximate surface area is 122 Å². The summed E-state index contributed by atoms with van der Waals surface area (Å²) in [6, 6.07) is 6.17. The Morgan fingerprint density at radius 3 is 2.68 bits per heavy atom. The molecule has 0 radical (unpaired) electrons. The van der Waals surface area contributed by atoms with E-state index in [0.717, 1.165) is 32.9 Å². The fourth-order valence-corrected chi connectivity index (χ4v) is 2.86. The van der Waals surface area contributed by atoms with Crippen molar-refractivity contribution in [2.24, 2.45) is 12.8 Å². The topological polar surface area (TPSA) is 56.7 Å². The zero-order valence-corrected chi connectivity index (χ0v) is 12.8. The van der Waals surface area contributed by atoms with Gasteiger partial charge in [-0.05, 0) is 49.7 Å².